The van der Waals surface area contributed by atoms with E-state index in [0.717, 1.165) is 25.7 Å². The van der Waals surface area contributed by atoms with Crippen molar-refractivity contribution in [3.63, 3.8) is 0 Å². The van der Waals surface area contributed by atoms with Crippen LogP contribution in [0, 0.1) is 0 Å². The van der Waals surface area contributed by atoms with E-state index in [4.69, 9.17) is 9.47 Å². The minimum Gasteiger partial charge on any atom is -0.493 e. The van der Waals surface area contributed by atoms with E-state index in [2.05, 4.69) is 25.0 Å². The Morgan fingerprint density at radius 2 is 2.00 bits per heavy atom. The smallest absolute Gasteiger partial charge is 0.296 e. The summed E-state index contributed by atoms with van der Waals surface area (Å²) in [5.74, 6) is 1.44. The molecular formula is C23H32N6O5S. The summed E-state index contributed by atoms with van der Waals surface area (Å²) < 4.78 is 41.1. The molecular weight excluding hydrogens is 472 g/mol. The molecule has 0 saturated heterocycles. The largest absolute Gasteiger partial charge is 0.493 e. The predicted molar refractivity (Wildman–Crippen MR) is 130 cm³/mol. The number of benzene rings is 1. The fourth-order valence-electron chi connectivity index (χ4n) is 4.20. The Bertz CT molecular complexity index is 1330. The molecule has 0 unspecified atom stereocenters. The van der Waals surface area contributed by atoms with Crippen LogP contribution in [0.1, 0.15) is 64.6 Å². The van der Waals surface area contributed by atoms with Crippen LogP contribution in [-0.4, -0.2) is 59.1 Å². The number of sulfonamides is 1. The van der Waals surface area contributed by atoms with Gasteiger partial charge >= 0.3 is 0 Å². The average molecular weight is 505 g/mol. The van der Waals surface area contributed by atoms with E-state index < -0.39 is 15.6 Å². The molecule has 12 heteroatoms. The fourth-order valence-corrected chi connectivity index (χ4v) is 5.30. The van der Waals surface area contributed by atoms with Crippen molar-refractivity contribution in [1.82, 2.24) is 29.5 Å². The van der Waals surface area contributed by atoms with Gasteiger partial charge in [-0.05, 0) is 58.2 Å². The number of nitrogens with one attached hydrogen (secondary N) is 2. The number of ether oxygens (including phenoxy) is 2. The van der Waals surface area contributed by atoms with Crippen molar-refractivity contribution >= 4 is 15.7 Å². The van der Waals surface area contributed by atoms with Crippen LogP contribution in [-0.2, 0) is 14.8 Å². The summed E-state index contributed by atoms with van der Waals surface area (Å²) >= 11 is 0. The first-order valence-electron chi connectivity index (χ1n) is 12.0. The van der Waals surface area contributed by atoms with Gasteiger partial charge in [0.25, 0.3) is 5.56 Å². The van der Waals surface area contributed by atoms with Crippen molar-refractivity contribution in [3.05, 3.63) is 34.4 Å². The van der Waals surface area contributed by atoms with Gasteiger partial charge in [0.05, 0.1) is 23.2 Å². The predicted octanol–water partition coefficient (Wildman–Crippen LogP) is 2.63. The molecule has 0 aliphatic heterocycles. The van der Waals surface area contributed by atoms with Gasteiger partial charge in [-0.1, -0.05) is 12.8 Å². The molecule has 4 rings (SSSR count). The second kappa shape index (κ2) is 10.8. The number of aromatic nitrogens is 5. The van der Waals surface area contributed by atoms with Crippen LogP contribution < -0.4 is 15.0 Å². The Morgan fingerprint density at radius 3 is 2.71 bits per heavy atom. The molecule has 0 amide bonds. The van der Waals surface area contributed by atoms with E-state index in [1.165, 1.54) is 16.6 Å². The molecule has 3 aromatic rings. The van der Waals surface area contributed by atoms with Gasteiger partial charge in [0.15, 0.2) is 11.6 Å². The Hall–Kier alpha value is -2.83. The molecule has 2 heterocycles. The Labute approximate surface area is 204 Å². The number of H-pyrrole nitrogens is 1. The zero-order valence-corrected chi connectivity index (χ0v) is 21.1. The van der Waals surface area contributed by atoms with E-state index >= 15 is 0 Å². The molecule has 11 nitrogen and oxygen atoms in total. The summed E-state index contributed by atoms with van der Waals surface area (Å²) in [6, 6.07) is 4.51. The van der Waals surface area contributed by atoms with Crippen LogP contribution in [0.3, 0.4) is 0 Å². The normalized spacial score (nSPS) is 14.9. The van der Waals surface area contributed by atoms with Gasteiger partial charge in [0.1, 0.15) is 5.75 Å². The molecule has 2 N–H and O–H groups in total. The van der Waals surface area contributed by atoms with Gasteiger partial charge in [0.2, 0.25) is 15.7 Å². The van der Waals surface area contributed by atoms with E-state index in [0.29, 0.717) is 36.8 Å². The van der Waals surface area contributed by atoms with E-state index in [1.807, 2.05) is 20.8 Å². The molecule has 1 aliphatic carbocycles. The molecule has 35 heavy (non-hydrogen) atoms. The third kappa shape index (κ3) is 5.71. The van der Waals surface area contributed by atoms with Crippen LogP contribution >= 0.6 is 0 Å². The van der Waals surface area contributed by atoms with Gasteiger partial charge in [-0.3, -0.25) is 4.79 Å². The molecule has 0 bridgehead atoms. The first-order valence-corrected chi connectivity index (χ1v) is 13.5. The highest BCUT2D eigenvalue weighted by molar-refractivity contribution is 7.89. The maximum atomic E-state index is 12.9. The van der Waals surface area contributed by atoms with Crippen molar-refractivity contribution in [2.75, 3.05) is 19.8 Å². The van der Waals surface area contributed by atoms with Crippen LogP contribution in [0.4, 0.5) is 0 Å². The highest BCUT2D eigenvalue weighted by Gasteiger charge is 2.25. The third-order valence-corrected chi connectivity index (χ3v) is 7.36. The van der Waals surface area contributed by atoms with Crippen molar-refractivity contribution in [1.29, 1.82) is 0 Å². The van der Waals surface area contributed by atoms with Crippen LogP contribution in [0.25, 0.3) is 17.0 Å². The first-order chi connectivity index (χ1) is 16.8. The Balaban J connectivity index is 1.68. The lowest BCUT2D eigenvalue weighted by atomic mass is 10.1. The number of hydrogen-bond acceptors (Lipinski definition) is 8. The van der Waals surface area contributed by atoms with Crippen molar-refractivity contribution < 1.29 is 17.9 Å². The molecule has 2 aromatic heterocycles. The number of rotatable bonds is 11. The van der Waals surface area contributed by atoms with Gasteiger partial charge in [0, 0.05) is 19.1 Å². The topological polar surface area (TPSA) is 141 Å². The quantitative estimate of drug-likeness (QED) is 0.380. The van der Waals surface area contributed by atoms with Crippen LogP contribution in [0.15, 0.2) is 27.9 Å². The third-order valence-electron chi connectivity index (χ3n) is 5.90. The van der Waals surface area contributed by atoms with Crippen LogP contribution in [0.2, 0.25) is 0 Å². The summed E-state index contributed by atoms with van der Waals surface area (Å²) in [4.78, 5) is 15.6. The lowest BCUT2D eigenvalue weighted by molar-refractivity contribution is 0.0778. The molecule has 1 fully saturated rings. The van der Waals surface area contributed by atoms with Gasteiger partial charge in [-0.25, -0.2) is 13.1 Å². The van der Waals surface area contributed by atoms with Gasteiger partial charge in [-0.2, -0.15) is 4.52 Å². The summed E-state index contributed by atoms with van der Waals surface area (Å²) in [7, 11) is -3.80. The van der Waals surface area contributed by atoms with E-state index in [-0.39, 0.29) is 34.9 Å². The minimum atomic E-state index is -3.80. The number of fused-ring (bicyclic) bond motifs is 1. The zero-order valence-electron chi connectivity index (χ0n) is 20.3. The highest BCUT2D eigenvalue weighted by atomic mass is 32.2. The lowest BCUT2D eigenvalue weighted by Crippen LogP contribution is -2.26. The van der Waals surface area contributed by atoms with Gasteiger partial charge < -0.3 is 14.5 Å². The Kier molecular flexibility index (Phi) is 7.82. The van der Waals surface area contributed by atoms with Crippen molar-refractivity contribution in [2.45, 2.75) is 69.8 Å². The summed E-state index contributed by atoms with van der Waals surface area (Å²) in [5, 5.41) is 12.9. The molecule has 1 aliphatic rings. The second-order valence-electron chi connectivity index (χ2n) is 8.84. The molecule has 1 saturated carbocycles. The summed E-state index contributed by atoms with van der Waals surface area (Å²) in [5.41, 5.74) is 0.0244. The minimum absolute atomic E-state index is 0.0447. The number of aromatic amines is 1. The molecule has 1 aromatic carbocycles. The molecule has 0 spiro atoms. The van der Waals surface area contributed by atoms with E-state index in [1.54, 1.807) is 6.07 Å². The molecule has 190 valence electrons. The monoisotopic (exact) mass is 504 g/mol. The number of nitrogens with zero attached hydrogens (tertiary/aromatic N) is 4. The van der Waals surface area contributed by atoms with Crippen molar-refractivity contribution in [2.24, 2.45) is 0 Å². The Morgan fingerprint density at radius 1 is 1.23 bits per heavy atom. The van der Waals surface area contributed by atoms with Crippen molar-refractivity contribution in [3.8, 4) is 17.1 Å². The SMILES string of the molecule is CCOc1ccc(S(=O)(=O)NCCCOC(C)C)cc1-c1nn2c(C3CCCC3)nnc2c(=O)[nH]1. The molecule has 0 radical (unpaired) electrons. The zero-order chi connectivity index (χ0) is 25.0. The maximum absolute atomic E-state index is 12.9. The summed E-state index contributed by atoms with van der Waals surface area (Å²) in [6.45, 7) is 6.74. The summed E-state index contributed by atoms with van der Waals surface area (Å²) in [6.07, 6.45) is 4.77. The van der Waals surface area contributed by atoms with Crippen LogP contribution in [0.5, 0.6) is 5.75 Å². The standard InChI is InChI=1S/C23H32N6O5S/c1-4-33-19-11-10-17(35(31,32)24-12-7-13-34-15(2)3)14-18(19)20-25-23(30)22-27-26-21(29(22)28-20)16-8-5-6-9-16/h10-11,14-16,24H,4-9,12-13H2,1-3H3,(H,25,28,30). The molecule has 0 atom stereocenters. The lowest BCUT2D eigenvalue weighted by Gasteiger charge is -2.13. The van der Waals surface area contributed by atoms with Gasteiger partial charge in [-0.15, -0.1) is 15.3 Å². The van der Waals surface area contributed by atoms with E-state index in [9.17, 15) is 13.2 Å². The fraction of sp³-hybridized carbons (Fsp3) is 0.565. The average Bonchev–Trinajstić information content (AvgIpc) is 3.49. The maximum Gasteiger partial charge on any atom is 0.296 e. The highest BCUT2D eigenvalue weighted by Crippen LogP contribution is 2.33. The second-order valence-corrected chi connectivity index (χ2v) is 10.6. The number of hydrogen-bond donors (Lipinski definition) is 2. The first kappa shape index (κ1) is 25.3.